The molecule has 11 heavy (non-hydrogen) atoms. The summed E-state index contributed by atoms with van der Waals surface area (Å²) in [4.78, 5) is 10.5. The Balaban J connectivity index is 3.26. The Hall–Kier alpha value is -1.75. The summed E-state index contributed by atoms with van der Waals surface area (Å²) in [5.41, 5.74) is 0.419. The molecule has 0 saturated heterocycles. The molecule has 2 nitrogen and oxygen atoms in total. The quantitative estimate of drug-likeness (QED) is 0.605. The van der Waals surface area contributed by atoms with E-state index >= 15 is 0 Å². The van der Waals surface area contributed by atoms with E-state index in [1.54, 1.807) is 12.1 Å². The van der Waals surface area contributed by atoms with E-state index in [-0.39, 0.29) is 5.56 Å². The van der Waals surface area contributed by atoms with Crippen LogP contribution in [0.4, 0.5) is 0 Å². The van der Waals surface area contributed by atoms with Gasteiger partial charge in [0.1, 0.15) is 0 Å². The minimum Gasteiger partial charge on any atom is -0.478 e. The van der Waals surface area contributed by atoms with Crippen molar-refractivity contribution in [3.63, 3.8) is 0 Å². The second-order valence-electron chi connectivity index (χ2n) is 1.98. The molecular formula is C9H5O2. The lowest BCUT2D eigenvalue weighted by atomic mass is 10.1. The van der Waals surface area contributed by atoms with Gasteiger partial charge >= 0.3 is 5.97 Å². The molecule has 1 radical (unpaired) electrons. The molecule has 0 fully saturated rings. The molecule has 0 unspecified atom stereocenters. The zero-order chi connectivity index (χ0) is 8.27. The molecule has 2 heteroatoms. The Labute approximate surface area is 64.5 Å². The lowest BCUT2D eigenvalue weighted by molar-refractivity contribution is 0.0696. The molecule has 1 aromatic carbocycles. The molecule has 0 saturated carbocycles. The van der Waals surface area contributed by atoms with E-state index in [1.807, 2.05) is 5.92 Å². The Morgan fingerprint density at radius 3 is 2.55 bits per heavy atom. The normalized spacial score (nSPS) is 8.64. The van der Waals surface area contributed by atoms with E-state index < -0.39 is 5.97 Å². The van der Waals surface area contributed by atoms with Gasteiger partial charge in [-0.1, -0.05) is 18.1 Å². The maximum absolute atomic E-state index is 10.5. The standard InChI is InChI=1S/C9H5O2/c1-2-7-5-3-4-6-8(7)9(10)11/h3-6H,(H,10,11). The predicted octanol–water partition coefficient (Wildman–Crippen LogP) is 1.32. The van der Waals surface area contributed by atoms with Crippen LogP contribution in [0.5, 0.6) is 0 Å². The minimum absolute atomic E-state index is 0.113. The first-order valence-corrected chi connectivity index (χ1v) is 3.01. The van der Waals surface area contributed by atoms with Crippen molar-refractivity contribution in [3.8, 4) is 5.92 Å². The van der Waals surface area contributed by atoms with Crippen LogP contribution in [0, 0.1) is 12.3 Å². The molecule has 0 aliphatic heterocycles. The van der Waals surface area contributed by atoms with Crippen LogP contribution in [0.25, 0.3) is 0 Å². The van der Waals surface area contributed by atoms with Gasteiger partial charge in [-0.3, -0.25) is 0 Å². The average Bonchev–Trinajstić information content (AvgIpc) is 2.04. The summed E-state index contributed by atoms with van der Waals surface area (Å²) in [6, 6.07) is 6.27. The highest BCUT2D eigenvalue weighted by Gasteiger charge is 2.05. The zero-order valence-corrected chi connectivity index (χ0v) is 5.66. The van der Waals surface area contributed by atoms with Crippen LogP contribution in [-0.2, 0) is 0 Å². The van der Waals surface area contributed by atoms with Crippen molar-refractivity contribution in [1.82, 2.24) is 0 Å². The molecule has 1 N–H and O–H groups in total. The topological polar surface area (TPSA) is 37.3 Å². The number of aromatic carboxylic acids is 1. The first-order chi connectivity index (χ1) is 5.25. The Bertz CT molecular complexity index is 321. The van der Waals surface area contributed by atoms with E-state index in [9.17, 15) is 4.79 Å². The van der Waals surface area contributed by atoms with Gasteiger partial charge < -0.3 is 5.11 Å². The van der Waals surface area contributed by atoms with E-state index in [1.165, 1.54) is 12.1 Å². The van der Waals surface area contributed by atoms with Crippen molar-refractivity contribution in [2.75, 3.05) is 0 Å². The van der Waals surface area contributed by atoms with Crippen molar-refractivity contribution < 1.29 is 9.90 Å². The lowest BCUT2D eigenvalue weighted by Gasteiger charge is -1.95. The van der Waals surface area contributed by atoms with Crippen molar-refractivity contribution in [2.24, 2.45) is 0 Å². The van der Waals surface area contributed by atoms with Crippen LogP contribution in [-0.4, -0.2) is 11.1 Å². The van der Waals surface area contributed by atoms with Crippen LogP contribution in [0.3, 0.4) is 0 Å². The largest absolute Gasteiger partial charge is 0.478 e. The van der Waals surface area contributed by atoms with Crippen molar-refractivity contribution in [3.05, 3.63) is 41.8 Å². The fourth-order valence-corrected chi connectivity index (χ4v) is 0.779. The van der Waals surface area contributed by atoms with Crippen LogP contribution in [0.2, 0.25) is 0 Å². The van der Waals surface area contributed by atoms with Gasteiger partial charge in [0.2, 0.25) is 0 Å². The Morgan fingerprint density at radius 1 is 1.45 bits per heavy atom. The number of carbonyl (C=O) groups is 1. The Morgan fingerprint density at radius 2 is 2.09 bits per heavy atom. The number of hydrogen-bond donors (Lipinski definition) is 1. The van der Waals surface area contributed by atoms with Gasteiger partial charge in [0, 0.05) is 5.56 Å². The fraction of sp³-hybridized carbons (Fsp3) is 0. The van der Waals surface area contributed by atoms with Gasteiger partial charge in [0.05, 0.1) is 5.56 Å². The third-order valence-corrected chi connectivity index (χ3v) is 1.29. The maximum Gasteiger partial charge on any atom is 0.336 e. The van der Waals surface area contributed by atoms with Crippen molar-refractivity contribution >= 4 is 5.97 Å². The minimum atomic E-state index is -1.03. The number of carboxylic acids is 1. The van der Waals surface area contributed by atoms with Gasteiger partial charge in [-0.05, 0) is 18.6 Å². The molecule has 0 aliphatic carbocycles. The van der Waals surface area contributed by atoms with Crippen molar-refractivity contribution in [1.29, 1.82) is 0 Å². The molecule has 53 valence electrons. The molecule has 0 bridgehead atoms. The maximum atomic E-state index is 10.5. The van der Waals surface area contributed by atoms with Crippen LogP contribution < -0.4 is 0 Å². The second kappa shape index (κ2) is 2.89. The van der Waals surface area contributed by atoms with Gasteiger partial charge in [-0.25, -0.2) is 4.79 Å². The molecule has 0 aliphatic rings. The average molecular weight is 145 g/mol. The molecule has 0 aromatic heterocycles. The molecule has 0 spiro atoms. The smallest absolute Gasteiger partial charge is 0.336 e. The van der Waals surface area contributed by atoms with E-state index in [0.717, 1.165) is 0 Å². The molecule has 1 aromatic rings. The second-order valence-corrected chi connectivity index (χ2v) is 1.98. The van der Waals surface area contributed by atoms with Crippen LogP contribution in [0.15, 0.2) is 24.3 Å². The fourth-order valence-electron chi connectivity index (χ4n) is 0.779. The zero-order valence-electron chi connectivity index (χ0n) is 5.66. The summed E-state index contributed by atoms with van der Waals surface area (Å²) in [5.74, 6) is 1.02. The highest BCUT2D eigenvalue weighted by Crippen LogP contribution is 2.05. The lowest BCUT2D eigenvalue weighted by Crippen LogP contribution is -1.98. The third kappa shape index (κ3) is 1.39. The van der Waals surface area contributed by atoms with Gasteiger partial charge in [-0.15, -0.1) is 0 Å². The summed E-state index contributed by atoms with van der Waals surface area (Å²) in [5, 5.41) is 8.57. The number of hydrogen-bond acceptors (Lipinski definition) is 1. The van der Waals surface area contributed by atoms with Gasteiger partial charge in [0.25, 0.3) is 0 Å². The molecule has 0 heterocycles. The highest BCUT2D eigenvalue weighted by molar-refractivity contribution is 5.90. The van der Waals surface area contributed by atoms with E-state index in [4.69, 9.17) is 11.5 Å². The van der Waals surface area contributed by atoms with Gasteiger partial charge in [0.15, 0.2) is 0 Å². The molecular weight excluding hydrogens is 140 g/mol. The summed E-state index contributed by atoms with van der Waals surface area (Å²) >= 11 is 0. The van der Waals surface area contributed by atoms with Crippen LogP contribution in [0.1, 0.15) is 15.9 Å². The first kappa shape index (κ1) is 7.36. The molecule has 1 rings (SSSR count). The number of benzene rings is 1. The van der Waals surface area contributed by atoms with E-state index in [0.29, 0.717) is 5.56 Å². The summed E-state index contributed by atoms with van der Waals surface area (Å²) < 4.78 is 0. The number of carboxylic acid groups (broad SMARTS) is 1. The van der Waals surface area contributed by atoms with Crippen LogP contribution >= 0.6 is 0 Å². The summed E-state index contributed by atoms with van der Waals surface area (Å²) in [6.45, 7) is 0. The number of rotatable bonds is 1. The highest BCUT2D eigenvalue weighted by atomic mass is 16.4. The van der Waals surface area contributed by atoms with Gasteiger partial charge in [-0.2, -0.15) is 0 Å². The third-order valence-electron chi connectivity index (χ3n) is 1.29. The molecule has 0 atom stereocenters. The van der Waals surface area contributed by atoms with Crippen molar-refractivity contribution in [2.45, 2.75) is 0 Å². The predicted molar refractivity (Wildman–Crippen MR) is 39.6 cm³/mol. The summed E-state index contributed by atoms with van der Waals surface area (Å²) in [7, 11) is 0. The monoisotopic (exact) mass is 145 g/mol. The van der Waals surface area contributed by atoms with E-state index in [2.05, 4.69) is 0 Å². The first-order valence-electron chi connectivity index (χ1n) is 3.01. The molecule has 0 amide bonds. The SMILES string of the molecule is [C]#Cc1ccccc1C(=O)O. The summed E-state index contributed by atoms with van der Waals surface area (Å²) in [6.07, 6.45) is 6.76. The Kier molecular flexibility index (Phi) is 1.93.